The molecule has 0 spiro atoms. The van der Waals surface area contributed by atoms with Gasteiger partial charge in [-0.2, -0.15) is 0 Å². The molecule has 0 aromatic carbocycles. The second-order valence-electron chi connectivity index (χ2n) is 4.16. The van der Waals surface area contributed by atoms with E-state index in [0.717, 1.165) is 12.8 Å². The van der Waals surface area contributed by atoms with Crippen LogP contribution in [0.25, 0.3) is 0 Å². The highest BCUT2D eigenvalue weighted by Gasteiger charge is 2.06. The van der Waals surface area contributed by atoms with Crippen molar-refractivity contribution in [2.45, 2.75) is 39.7 Å². The molecule has 0 aliphatic heterocycles. The van der Waals surface area contributed by atoms with E-state index in [2.05, 4.69) is 32.7 Å². The van der Waals surface area contributed by atoms with Gasteiger partial charge >= 0.3 is 5.97 Å². The van der Waals surface area contributed by atoms with Crippen LogP contribution >= 0.6 is 0 Å². The van der Waals surface area contributed by atoms with Gasteiger partial charge in [0.2, 0.25) is 0 Å². The number of aliphatic carboxylic acids is 1. The van der Waals surface area contributed by atoms with Crippen molar-refractivity contribution in [3.8, 4) is 0 Å². The Morgan fingerprint density at radius 3 is 2.36 bits per heavy atom. The summed E-state index contributed by atoms with van der Waals surface area (Å²) >= 11 is 0. The molecule has 0 aromatic heterocycles. The lowest BCUT2D eigenvalue weighted by Gasteiger charge is -2.14. The quantitative estimate of drug-likeness (QED) is 0.617. The lowest BCUT2D eigenvalue weighted by Crippen LogP contribution is -2.29. The Morgan fingerprint density at radius 2 is 1.93 bits per heavy atom. The van der Waals surface area contributed by atoms with Gasteiger partial charge in [0, 0.05) is 18.2 Å². The third kappa shape index (κ3) is 6.66. The predicted molar refractivity (Wildman–Crippen MR) is 58.3 cm³/mol. The third-order valence-electron chi connectivity index (χ3n) is 2.14. The summed E-state index contributed by atoms with van der Waals surface area (Å²) in [6.45, 7) is 10.3. The summed E-state index contributed by atoms with van der Waals surface area (Å²) in [6, 6.07) is 0.355. The van der Waals surface area contributed by atoms with E-state index in [1.54, 1.807) is 0 Å². The van der Waals surface area contributed by atoms with Gasteiger partial charge in [-0.25, -0.2) is 4.79 Å². The van der Waals surface area contributed by atoms with Crippen LogP contribution in [0.15, 0.2) is 12.2 Å². The van der Waals surface area contributed by atoms with Crippen LogP contribution in [0.2, 0.25) is 0 Å². The van der Waals surface area contributed by atoms with Gasteiger partial charge in [-0.1, -0.05) is 20.4 Å². The molecule has 0 aliphatic rings. The molecule has 0 saturated carbocycles. The first kappa shape index (κ1) is 13.2. The van der Waals surface area contributed by atoms with E-state index in [1.165, 1.54) is 0 Å². The summed E-state index contributed by atoms with van der Waals surface area (Å²) in [5.74, 6) is -0.226. The van der Waals surface area contributed by atoms with E-state index >= 15 is 0 Å². The lowest BCUT2D eigenvalue weighted by molar-refractivity contribution is -0.132. The molecular weight excluding hydrogens is 178 g/mol. The first-order valence-corrected chi connectivity index (χ1v) is 5.08. The molecule has 2 N–H and O–H groups in total. The highest BCUT2D eigenvalue weighted by molar-refractivity contribution is 5.86. The minimum Gasteiger partial charge on any atom is -0.478 e. The van der Waals surface area contributed by atoms with E-state index in [1.807, 2.05) is 0 Å². The Balaban J connectivity index is 3.58. The SMILES string of the molecule is C=C(CNC(C)CCC(C)C)C(=O)O. The standard InChI is InChI=1S/C11H21NO2/c1-8(2)5-6-10(4)12-7-9(3)11(13)14/h8,10,12H,3,5-7H2,1-2,4H3,(H,13,14). The molecule has 14 heavy (non-hydrogen) atoms. The Labute approximate surface area is 86.2 Å². The molecule has 3 nitrogen and oxygen atoms in total. The normalized spacial score (nSPS) is 12.9. The van der Waals surface area contributed by atoms with Crippen LogP contribution in [0.4, 0.5) is 0 Å². The Hall–Kier alpha value is -0.830. The lowest BCUT2D eigenvalue weighted by atomic mass is 10.0. The third-order valence-corrected chi connectivity index (χ3v) is 2.14. The molecule has 3 heteroatoms. The topological polar surface area (TPSA) is 49.3 Å². The van der Waals surface area contributed by atoms with Gasteiger partial charge in [-0.3, -0.25) is 0 Å². The van der Waals surface area contributed by atoms with Crippen molar-refractivity contribution >= 4 is 5.97 Å². The van der Waals surface area contributed by atoms with Crippen LogP contribution in [-0.4, -0.2) is 23.7 Å². The fourth-order valence-corrected chi connectivity index (χ4v) is 1.06. The first-order chi connectivity index (χ1) is 6.43. The number of hydrogen-bond donors (Lipinski definition) is 2. The minimum absolute atomic E-state index is 0.224. The molecule has 0 radical (unpaired) electrons. The summed E-state index contributed by atoms with van der Waals surface area (Å²) in [5, 5.41) is 11.7. The van der Waals surface area contributed by atoms with Crippen LogP contribution < -0.4 is 5.32 Å². The molecular formula is C11H21NO2. The summed E-state index contributed by atoms with van der Waals surface area (Å²) < 4.78 is 0. The summed E-state index contributed by atoms with van der Waals surface area (Å²) in [5.41, 5.74) is 0.224. The Morgan fingerprint density at radius 1 is 1.36 bits per heavy atom. The Kier molecular flexibility index (Phi) is 6.21. The van der Waals surface area contributed by atoms with Gasteiger partial charge in [-0.05, 0) is 25.7 Å². The van der Waals surface area contributed by atoms with Crippen molar-refractivity contribution in [3.63, 3.8) is 0 Å². The number of carbonyl (C=O) groups is 1. The van der Waals surface area contributed by atoms with E-state index in [4.69, 9.17) is 5.11 Å². The second-order valence-corrected chi connectivity index (χ2v) is 4.16. The largest absolute Gasteiger partial charge is 0.478 e. The molecule has 0 amide bonds. The molecule has 0 fully saturated rings. The average molecular weight is 199 g/mol. The highest BCUT2D eigenvalue weighted by Crippen LogP contribution is 2.06. The molecule has 0 bridgehead atoms. The molecule has 1 atom stereocenters. The molecule has 1 unspecified atom stereocenters. The van der Waals surface area contributed by atoms with Gasteiger partial charge in [0.05, 0.1) is 0 Å². The maximum Gasteiger partial charge on any atom is 0.332 e. The summed E-state index contributed by atoms with van der Waals surface area (Å²) in [4.78, 5) is 10.4. The van der Waals surface area contributed by atoms with E-state index < -0.39 is 5.97 Å². The smallest absolute Gasteiger partial charge is 0.332 e. The van der Waals surface area contributed by atoms with Gasteiger partial charge in [0.15, 0.2) is 0 Å². The zero-order valence-corrected chi connectivity index (χ0v) is 9.34. The Bertz CT molecular complexity index is 199. The predicted octanol–water partition coefficient (Wildman–Crippen LogP) is 2.04. The molecule has 82 valence electrons. The zero-order chi connectivity index (χ0) is 11.1. The van der Waals surface area contributed by atoms with Crippen molar-refractivity contribution in [3.05, 3.63) is 12.2 Å². The number of carboxylic acid groups (broad SMARTS) is 1. The maximum atomic E-state index is 10.4. The average Bonchev–Trinajstić information content (AvgIpc) is 2.10. The monoisotopic (exact) mass is 199 g/mol. The van der Waals surface area contributed by atoms with Gasteiger partial charge in [0.25, 0.3) is 0 Å². The van der Waals surface area contributed by atoms with Crippen LogP contribution in [0.5, 0.6) is 0 Å². The van der Waals surface area contributed by atoms with E-state index in [-0.39, 0.29) is 5.57 Å². The van der Waals surface area contributed by atoms with Crippen molar-refractivity contribution in [1.82, 2.24) is 5.32 Å². The fraction of sp³-hybridized carbons (Fsp3) is 0.727. The minimum atomic E-state index is -0.923. The zero-order valence-electron chi connectivity index (χ0n) is 9.34. The molecule has 0 saturated heterocycles. The number of carboxylic acids is 1. The highest BCUT2D eigenvalue weighted by atomic mass is 16.4. The maximum absolute atomic E-state index is 10.4. The van der Waals surface area contributed by atoms with Crippen molar-refractivity contribution in [2.75, 3.05) is 6.54 Å². The summed E-state index contributed by atoms with van der Waals surface area (Å²) in [6.07, 6.45) is 2.23. The fourth-order valence-electron chi connectivity index (χ4n) is 1.06. The van der Waals surface area contributed by atoms with Gasteiger partial charge in [-0.15, -0.1) is 0 Å². The van der Waals surface area contributed by atoms with E-state index in [9.17, 15) is 4.79 Å². The van der Waals surface area contributed by atoms with Crippen molar-refractivity contribution in [1.29, 1.82) is 0 Å². The number of hydrogen-bond acceptors (Lipinski definition) is 2. The second kappa shape index (κ2) is 6.60. The van der Waals surface area contributed by atoms with Gasteiger partial charge in [0.1, 0.15) is 0 Å². The number of nitrogens with one attached hydrogen (secondary N) is 1. The molecule has 0 heterocycles. The van der Waals surface area contributed by atoms with E-state index in [0.29, 0.717) is 18.5 Å². The van der Waals surface area contributed by atoms with Crippen LogP contribution in [-0.2, 0) is 4.79 Å². The van der Waals surface area contributed by atoms with Crippen molar-refractivity contribution in [2.24, 2.45) is 5.92 Å². The van der Waals surface area contributed by atoms with Crippen LogP contribution in [0.3, 0.4) is 0 Å². The first-order valence-electron chi connectivity index (χ1n) is 5.08. The van der Waals surface area contributed by atoms with Crippen LogP contribution in [0, 0.1) is 5.92 Å². The van der Waals surface area contributed by atoms with Crippen molar-refractivity contribution < 1.29 is 9.90 Å². The molecule has 0 aromatic rings. The summed E-state index contributed by atoms with van der Waals surface area (Å²) in [7, 11) is 0. The molecule has 0 aliphatic carbocycles. The molecule has 0 rings (SSSR count). The number of rotatable bonds is 7. The van der Waals surface area contributed by atoms with Gasteiger partial charge < -0.3 is 10.4 Å². The van der Waals surface area contributed by atoms with Crippen LogP contribution in [0.1, 0.15) is 33.6 Å².